The SMILES string of the molecule is CCCN(CCC)S(=O)(=O)N1CCC(OCCO)CC1. The Labute approximate surface area is 122 Å². The molecule has 1 heterocycles. The van der Waals surface area contributed by atoms with Crippen LogP contribution in [-0.2, 0) is 14.9 Å². The molecule has 1 fully saturated rings. The van der Waals surface area contributed by atoms with E-state index >= 15 is 0 Å². The molecule has 0 aromatic heterocycles. The highest BCUT2D eigenvalue weighted by atomic mass is 32.2. The Morgan fingerprint density at radius 2 is 1.75 bits per heavy atom. The fourth-order valence-electron chi connectivity index (χ4n) is 2.45. The topological polar surface area (TPSA) is 70.1 Å². The number of aliphatic hydroxyl groups excluding tert-OH is 1. The third-order valence-corrected chi connectivity index (χ3v) is 5.48. The predicted molar refractivity (Wildman–Crippen MR) is 78.7 cm³/mol. The zero-order valence-corrected chi connectivity index (χ0v) is 13.4. The van der Waals surface area contributed by atoms with Gasteiger partial charge in [0.05, 0.1) is 19.3 Å². The Morgan fingerprint density at radius 1 is 1.20 bits per heavy atom. The van der Waals surface area contributed by atoms with Crippen molar-refractivity contribution in [2.75, 3.05) is 39.4 Å². The lowest BCUT2D eigenvalue weighted by Gasteiger charge is -2.34. The minimum Gasteiger partial charge on any atom is -0.394 e. The summed E-state index contributed by atoms with van der Waals surface area (Å²) in [5.74, 6) is 0. The maximum absolute atomic E-state index is 12.6. The Bertz CT molecular complexity index is 347. The lowest BCUT2D eigenvalue weighted by Crippen LogP contribution is -2.48. The van der Waals surface area contributed by atoms with Crippen LogP contribution in [0.3, 0.4) is 0 Å². The van der Waals surface area contributed by atoms with Crippen molar-refractivity contribution in [3.8, 4) is 0 Å². The molecule has 0 aromatic rings. The second-order valence-corrected chi connectivity index (χ2v) is 7.03. The summed E-state index contributed by atoms with van der Waals surface area (Å²) < 4.78 is 33.7. The van der Waals surface area contributed by atoms with E-state index in [0.717, 1.165) is 12.8 Å². The van der Waals surface area contributed by atoms with Gasteiger partial charge in [-0.3, -0.25) is 0 Å². The quantitative estimate of drug-likeness (QED) is 0.685. The highest BCUT2D eigenvalue weighted by molar-refractivity contribution is 7.86. The summed E-state index contributed by atoms with van der Waals surface area (Å²) in [6.07, 6.45) is 3.13. The van der Waals surface area contributed by atoms with Crippen LogP contribution >= 0.6 is 0 Å². The monoisotopic (exact) mass is 308 g/mol. The minimum atomic E-state index is -3.33. The van der Waals surface area contributed by atoms with E-state index in [0.29, 0.717) is 45.6 Å². The zero-order chi connectivity index (χ0) is 15.0. The maximum Gasteiger partial charge on any atom is 0.281 e. The number of rotatable bonds is 9. The molecule has 0 saturated carbocycles. The molecule has 0 spiro atoms. The summed E-state index contributed by atoms with van der Waals surface area (Å²) in [6, 6.07) is 0. The zero-order valence-electron chi connectivity index (χ0n) is 12.6. The molecule has 7 heteroatoms. The first-order chi connectivity index (χ1) is 9.56. The number of hydrogen-bond donors (Lipinski definition) is 1. The number of nitrogens with zero attached hydrogens (tertiary/aromatic N) is 2. The van der Waals surface area contributed by atoms with Gasteiger partial charge in [0.2, 0.25) is 0 Å². The molecular weight excluding hydrogens is 280 g/mol. The molecule has 0 atom stereocenters. The van der Waals surface area contributed by atoms with Crippen LogP contribution in [0, 0.1) is 0 Å². The van der Waals surface area contributed by atoms with Gasteiger partial charge in [0.1, 0.15) is 0 Å². The fourth-order valence-corrected chi connectivity index (χ4v) is 4.28. The van der Waals surface area contributed by atoms with Gasteiger partial charge in [-0.2, -0.15) is 17.0 Å². The van der Waals surface area contributed by atoms with Crippen LogP contribution in [0.1, 0.15) is 39.5 Å². The molecular formula is C13H28N2O4S. The van der Waals surface area contributed by atoms with Crippen molar-refractivity contribution in [3.05, 3.63) is 0 Å². The molecule has 6 nitrogen and oxygen atoms in total. The van der Waals surface area contributed by atoms with Gasteiger partial charge in [-0.1, -0.05) is 13.8 Å². The van der Waals surface area contributed by atoms with Crippen LogP contribution in [0.5, 0.6) is 0 Å². The van der Waals surface area contributed by atoms with Crippen molar-refractivity contribution in [1.82, 2.24) is 8.61 Å². The highest BCUT2D eigenvalue weighted by Crippen LogP contribution is 2.19. The van der Waals surface area contributed by atoms with Gasteiger partial charge in [0.25, 0.3) is 10.2 Å². The molecule has 120 valence electrons. The Kier molecular flexibility index (Phi) is 7.98. The van der Waals surface area contributed by atoms with Gasteiger partial charge < -0.3 is 9.84 Å². The molecule has 0 bridgehead atoms. The van der Waals surface area contributed by atoms with Gasteiger partial charge in [-0.05, 0) is 25.7 Å². The van der Waals surface area contributed by atoms with Crippen molar-refractivity contribution in [2.45, 2.75) is 45.6 Å². The van der Waals surface area contributed by atoms with E-state index < -0.39 is 10.2 Å². The average molecular weight is 308 g/mol. The first-order valence-electron chi connectivity index (χ1n) is 7.53. The first kappa shape index (κ1) is 17.8. The Balaban J connectivity index is 2.56. The van der Waals surface area contributed by atoms with Crippen LogP contribution in [0.15, 0.2) is 0 Å². The number of piperidine rings is 1. The molecule has 1 rings (SSSR count). The van der Waals surface area contributed by atoms with Crippen LogP contribution in [0.25, 0.3) is 0 Å². The smallest absolute Gasteiger partial charge is 0.281 e. The van der Waals surface area contributed by atoms with E-state index in [4.69, 9.17) is 9.84 Å². The fraction of sp³-hybridized carbons (Fsp3) is 1.00. The van der Waals surface area contributed by atoms with Crippen LogP contribution in [-0.4, -0.2) is 67.6 Å². The van der Waals surface area contributed by atoms with Crippen LogP contribution in [0.4, 0.5) is 0 Å². The summed E-state index contributed by atoms with van der Waals surface area (Å²) in [5.41, 5.74) is 0. The molecule has 1 aliphatic heterocycles. The van der Waals surface area contributed by atoms with Crippen LogP contribution in [0.2, 0.25) is 0 Å². The second-order valence-electron chi connectivity index (χ2n) is 5.10. The first-order valence-corrected chi connectivity index (χ1v) is 8.93. The number of aliphatic hydroxyl groups is 1. The van der Waals surface area contributed by atoms with Crippen molar-refractivity contribution in [1.29, 1.82) is 0 Å². The molecule has 0 aromatic carbocycles. The Morgan fingerprint density at radius 3 is 2.20 bits per heavy atom. The van der Waals surface area contributed by atoms with Crippen molar-refractivity contribution < 1.29 is 18.3 Å². The summed E-state index contributed by atoms with van der Waals surface area (Å²) in [5, 5.41) is 8.73. The maximum atomic E-state index is 12.6. The van der Waals surface area contributed by atoms with Gasteiger partial charge >= 0.3 is 0 Å². The third kappa shape index (κ3) is 4.96. The van der Waals surface area contributed by atoms with E-state index in [2.05, 4.69) is 0 Å². The Hall–Kier alpha value is -0.210. The summed E-state index contributed by atoms with van der Waals surface area (Å²) in [6.45, 7) is 6.49. The van der Waals surface area contributed by atoms with Crippen molar-refractivity contribution >= 4 is 10.2 Å². The van der Waals surface area contributed by atoms with Gasteiger partial charge in [0, 0.05) is 26.2 Å². The molecule has 20 heavy (non-hydrogen) atoms. The van der Waals surface area contributed by atoms with Gasteiger partial charge in [-0.15, -0.1) is 0 Å². The van der Waals surface area contributed by atoms with E-state index in [1.807, 2.05) is 13.8 Å². The normalized spacial score (nSPS) is 18.8. The van der Waals surface area contributed by atoms with Gasteiger partial charge in [0.15, 0.2) is 0 Å². The second kappa shape index (κ2) is 8.94. The minimum absolute atomic E-state index is 0.0132. The number of ether oxygens (including phenoxy) is 1. The van der Waals surface area contributed by atoms with E-state index in [-0.39, 0.29) is 12.7 Å². The highest BCUT2D eigenvalue weighted by Gasteiger charge is 2.32. The number of hydrogen-bond acceptors (Lipinski definition) is 4. The van der Waals surface area contributed by atoms with E-state index in [1.165, 1.54) is 0 Å². The lowest BCUT2D eigenvalue weighted by molar-refractivity contribution is 0.00256. The van der Waals surface area contributed by atoms with Crippen molar-refractivity contribution in [2.24, 2.45) is 0 Å². The summed E-state index contributed by atoms with van der Waals surface area (Å²) in [7, 11) is -3.33. The molecule has 1 N–H and O–H groups in total. The molecule has 0 unspecified atom stereocenters. The average Bonchev–Trinajstić information content (AvgIpc) is 2.45. The molecule has 0 aliphatic carbocycles. The van der Waals surface area contributed by atoms with E-state index in [1.54, 1.807) is 8.61 Å². The molecule has 0 radical (unpaired) electrons. The van der Waals surface area contributed by atoms with Gasteiger partial charge in [-0.25, -0.2) is 0 Å². The van der Waals surface area contributed by atoms with Crippen molar-refractivity contribution in [3.63, 3.8) is 0 Å². The molecule has 1 aliphatic rings. The summed E-state index contributed by atoms with van der Waals surface area (Å²) >= 11 is 0. The largest absolute Gasteiger partial charge is 0.394 e. The summed E-state index contributed by atoms with van der Waals surface area (Å²) in [4.78, 5) is 0. The molecule has 1 saturated heterocycles. The molecule has 0 amide bonds. The predicted octanol–water partition coefficient (Wildman–Crippen LogP) is 0.826. The van der Waals surface area contributed by atoms with E-state index in [9.17, 15) is 8.42 Å². The third-order valence-electron chi connectivity index (χ3n) is 3.44. The standard InChI is InChI=1S/C13H28N2O4S/c1-3-7-14(8-4-2)20(17,18)15-9-5-13(6-10-15)19-12-11-16/h13,16H,3-12H2,1-2H3. The lowest BCUT2D eigenvalue weighted by atomic mass is 10.1. The van der Waals surface area contributed by atoms with Crippen LogP contribution < -0.4 is 0 Å².